The van der Waals surface area contributed by atoms with Crippen molar-refractivity contribution in [1.82, 2.24) is 10.2 Å². The van der Waals surface area contributed by atoms with Crippen molar-refractivity contribution in [3.63, 3.8) is 0 Å². The zero-order chi connectivity index (χ0) is 19.3. The molecule has 0 atom stereocenters. The summed E-state index contributed by atoms with van der Waals surface area (Å²) in [5, 5.41) is 5.59. The van der Waals surface area contributed by atoms with Gasteiger partial charge in [-0.2, -0.15) is 18.3 Å². The Morgan fingerprint density at radius 3 is 1.88 bits per heavy atom. The van der Waals surface area contributed by atoms with Gasteiger partial charge in [0.1, 0.15) is 5.69 Å². The van der Waals surface area contributed by atoms with Crippen LogP contribution in [0.25, 0.3) is 11.3 Å². The van der Waals surface area contributed by atoms with Crippen molar-refractivity contribution >= 4 is 37.6 Å². The van der Waals surface area contributed by atoms with Gasteiger partial charge in [0.05, 0.1) is 5.69 Å². The summed E-state index contributed by atoms with van der Waals surface area (Å²) in [6.45, 7) is 1.56. The summed E-state index contributed by atoms with van der Waals surface area (Å²) < 4.78 is 38.8. The van der Waals surface area contributed by atoms with Gasteiger partial charge in [-0.05, 0) is 37.3 Å². The Morgan fingerprint density at radius 2 is 1.46 bits per heavy atom. The molecule has 0 saturated heterocycles. The van der Waals surface area contributed by atoms with Crippen molar-refractivity contribution in [2.45, 2.75) is 13.1 Å². The molecule has 0 aliphatic carbocycles. The third-order valence-electron chi connectivity index (χ3n) is 3.27. The molecule has 0 aliphatic heterocycles. The topological polar surface area (TPSA) is 45.8 Å². The number of aromatic amines is 1. The van der Waals surface area contributed by atoms with E-state index in [1.807, 2.05) is 17.2 Å². The molecule has 0 fully saturated rings. The minimum atomic E-state index is -4.39. The molecule has 1 heterocycles. The number of nitrogens with zero attached hydrogens (tertiary/aromatic N) is 1. The fourth-order valence-corrected chi connectivity index (χ4v) is 2.45. The SMILES string of the molecule is CC(=O)c1ccc(Br)cc1.FC(F)(F)c1cc(-c2ccc(Br)cc2)n[nH]1. The number of carbonyl (C=O) groups is 1. The zero-order valence-electron chi connectivity index (χ0n) is 13.4. The number of Topliss-reactive ketones (excluding diaryl/α,β-unsaturated/α-hetero) is 1. The van der Waals surface area contributed by atoms with E-state index in [1.165, 1.54) is 0 Å². The van der Waals surface area contributed by atoms with E-state index in [-0.39, 0.29) is 11.5 Å². The first kappa shape index (κ1) is 20.4. The van der Waals surface area contributed by atoms with Crippen molar-refractivity contribution in [2.24, 2.45) is 0 Å². The Kier molecular flexibility index (Phi) is 6.77. The molecule has 2 aromatic carbocycles. The van der Waals surface area contributed by atoms with Crippen LogP contribution in [0.15, 0.2) is 63.5 Å². The minimum absolute atomic E-state index is 0.104. The molecule has 26 heavy (non-hydrogen) atoms. The lowest BCUT2D eigenvalue weighted by atomic mass is 10.1. The molecule has 8 heteroatoms. The summed E-state index contributed by atoms with van der Waals surface area (Å²) in [7, 11) is 0. The molecule has 0 amide bonds. The van der Waals surface area contributed by atoms with Crippen molar-refractivity contribution in [3.05, 3.63) is 74.8 Å². The maximum Gasteiger partial charge on any atom is 0.432 e. The fourth-order valence-electron chi connectivity index (χ4n) is 1.92. The van der Waals surface area contributed by atoms with Crippen molar-refractivity contribution in [2.75, 3.05) is 0 Å². The molecule has 0 unspecified atom stereocenters. The second-order valence-corrected chi connectivity index (χ2v) is 7.07. The van der Waals surface area contributed by atoms with Gasteiger partial charge in [0.15, 0.2) is 5.78 Å². The average Bonchev–Trinajstić information content (AvgIpc) is 3.07. The lowest BCUT2D eigenvalue weighted by molar-refractivity contribution is -0.141. The summed E-state index contributed by atoms with van der Waals surface area (Å²) >= 11 is 6.53. The van der Waals surface area contributed by atoms with E-state index in [9.17, 15) is 18.0 Å². The number of benzene rings is 2. The molecule has 0 radical (unpaired) electrons. The zero-order valence-corrected chi connectivity index (χ0v) is 16.6. The van der Waals surface area contributed by atoms with E-state index < -0.39 is 11.9 Å². The van der Waals surface area contributed by atoms with Crippen LogP contribution >= 0.6 is 31.9 Å². The lowest BCUT2D eigenvalue weighted by Gasteiger charge is -2.00. The molecule has 1 N–H and O–H groups in total. The molecule has 3 rings (SSSR count). The van der Waals surface area contributed by atoms with Gasteiger partial charge in [-0.15, -0.1) is 0 Å². The summed E-state index contributed by atoms with van der Waals surface area (Å²) in [5.41, 5.74) is 0.823. The van der Waals surface area contributed by atoms with Crippen molar-refractivity contribution in [3.8, 4) is 11.3 Å². The number of alkyl halides is 3. The highest BCUT2D eigenvalue weighted by atomic mass is 79.9. The number of halogens is 5. The molecule has 0 aliphatic rings. The number of nitrogens with one attached hydrogen (secondary N) is 1. The summed E-state index contributed by atoms with van der Waals surface area (Å²) in [6.07, 6.45) is -4.39. The number of ketones is 1. The van der Waals surface area contributed by atoms with E-state index in [0.717, 1.165) is 20.6 Å². The predicted octanol–water partition coefficient (Wildman–Crippen LogP) is 6.51. The third kappa shape index (κ3) is 5.81. The standard InChI is InChI=1S/C10H6BrF3N2.C8H7BrO/c11-7-3-1-6(2-4-7)8-5-9(16-15-8)10(12,13)14;1-6(10)7-2-4-8(9)5-3-7/h1-5H,(H,15,16);2-5H,1H3. The van der Waals surface area contributed by atoms with Gasteiger partial charge in [0.2, 0.25) is 0 Å². The first-order valence-corrected chi connectivity index (χ1v) is 8.90. The van der Waals surface area contributed by atoms with Crippen LogP contribution in [0, 0.1) is 0 Å². The van der Waals surface area contributed by atoms with E-state index >= 15 is 0 Å². The van der Waals surface area contributed by atoms with E-state index in [0.29, 0.717) is 5.56 Å². The number of hydrogen-bond donors (Lipinski definition) is 1. The third-order valence-corrected chi connectivity index (χ3v) is 4.33. The summed E-state index contributed by atoms with van der Waals surface area (Å²) in [5.74, 6) is 0.104. The Hall–Kier alpha value is -1.93. The maximum absolute atomic E-state index is 12.3. The predicted molar refractivity (Wildman–Crippen MR) is 101 cm³/mol. The molecule has 1 aromatic heterocycles. The van der Waals surface area contributed by atoms with Gasteiger partial charge in [-0.25, -0.2) is 0 Å². The highest BCUT2D eigenvalue weighted by Crippen LogP contribution is 2.30. The Labute approximate surface area is 164 Å². The van der Waals surface area contributed by atoms with Gasteiger partial charge in [0.25, 0.3) is 0 Å². The van der Waals surface area contributed by atoms with Gasteiger partial charge in [0, 0.05) is 20.1 Å². The molecule has 136 valence electrons. The number of H-pyrrole nitrogens is 1. The second-order valence-electron chi connectivity index (χ2n) is 5.23. The molecule has 3 nitrogen and oxygen atoms in total. The molecule has 0 spiro atoms. The molecular formula is C18H13Br2F3N2O. The minimum Gasteiger partial charge on any atom is -0.295 e. The Balaban J connectivity index is 0.000000209. The van der Waals surface area contributed by atoms with E-state index in [2.05, 4.69) is 37.0 Å². The van der Waals surface area contributed by atoms with Crippen LogP contribution in [0.4, 0.5) is 13.2 Å². The van der Waals surface area contributed by atoms with Gasteiger partial charge in [-0.3, -0.25) is 9.89 Å². The largest absolute Gasteiger partial charge is 0.432 e. The van der Waals surface area contributed by atoms with Gasteiger partial charge < -0.3 is 0 Å². The number of rotatable bonds is 2. The van der Waals surface area contributed by atoms with Crippen molar-refractivity contribution < 1.29 is 18.0 Å². The highest BCUT2D eigenvalue weighted by Gasteiger charge is 2.33. The molecule has 0 bridgehead atoms. The maximum atomic E-state index is 12.3. The monoisotopic (exact) mass is 488 g/mol. The molecule has 3 aromatic rings. The smallest absolute Gasteiger partial charge is 0.295 e. The van der Waals surface area contributed by atoms with E-state index in [1.54, 1.807) is 43.3 Å². The summed E-state index contributed by atoms with van der Waals surface area (Å²) in [4.78, 5) is 10.7. The first-order valence-electron chi connectivity index (χ1n) is 7.32. The van der Waals surface area contributed by atoms with Crippen LogP contribution in [-0.2, 0) is 6.18 Å². The number of aromatic nitrogens is 2. The van der Waals surface area contributed by atoms with Crippen LogP contribution < -0.4 is 0 Å². The van der Waals surface area contributed by atoms with Crippen LogP contribution in [0.1, 0.15) is 23.0 Å². The van der Waals surface area contributed by atoms with Gasteiger partial charge >= 0.3 is 6.18 Å². The first-order chi connectivity index (χ1) is 12.2. The van der Waals surface area contributed by atoms with Crippen LogP contribution in [-0.4, -0.2) is 16.0 Å². The molecular weight excluding hydrogens is 477 g/mol. The van der Waals surface area contributed by atoms with Crippen molar-refractivity contribution in [1.29, 1.82) is 0 Å². The van der Waals surface area contributed by atoms with Crippen LogP contribution in [0.3, 0.4) is 0 Å². The number of carbonyl (C=O) groups excluding carboxylic acids is 1. The quantitative estimate of drug-likeness (QED) is 0.417. The Morgan fingerprint density at radius 1 is 0.962 bits per heavy atom. The Bertz CT molecular complexity index is 873. The highest BCUT2D eigenvalue weighted by molar-refractivity contribution is 9.10. The lowest BCUT2D eigenvalue weighted by Crippen LogP contribution is -2.04. The van der Waals surface area contributed by atoms with Crippen LogP contribution in [0.5, 0.6) is 0 Å². The van der Waals surface area contributed by atoms with E-state index in [4.69, 9.17) is 0 Å². The second kappa shape index (κ2) is 8.64. The fraction of sp³-hybridized carbons (Fsp3) is 0.111. The van der Waals surface area contributed by atoms with Crippen LogP contribution in [0.2, 0.25) is 0 Å². The summed E-state index contributed by atoms with van der Waals surface area (Å²) in [6, 6.07) is 15.2. The average molecular weight is 490 g/mol. The number of hydrogen-bond acceptors (Lipinski definition) is 2. The molecule has 0 saturated carbocycles. The van der Waals surface area contributed by atoms with Gasteiger partial charge in [-0.1, -0.05) is 56.1 Å². The normalized spacial score (nSPS) is 10.8.